The zero-order valence-electron chi connectivity index (χ0n) is 18.9. The van der Waals surface area contributed by atoms with Gasteiger partial charge in [-0.1, -0.05) is 20.3 Å². The first-order chi connectivity index (χ1) is 16.1. The van der Waals surface area contributed by atoms with E-state index in [1.54, 1.807) is 6.92 Å². The fourth-order valence-electron chi connectivity index (χ4n) is 2.98. The number of hydrogen-bond donors (Lipinski definition) is 3. The fourth-order valence-corrected chi connectivity index (χ4v) is 2.98. The third kappa shape index (κ3) is 7.94. The summed E-state index contributed by atoms with van der Waals surface area (Å²) in [5.41, 5.74) is 5.20. The molecular weight excluding hydrogens is 452 g/mol. The molecule has 0 aliphatic rings. The zero-order valence-corrected chi connectivity index (χ0v) is 18.9. The van der Waals surface area contributed by atoms with Gasteiger partial charge in [0.25, 0.3) is 0 Å². The summed E-state index contributed by atoms with van der Waals surface area (Å²) in [7, 11) is 0. The van der Waals surface area contributed by atoms with E-state index in [1.807, 2.05) is 6.92 Å². The minimum absolute atomic E-state index is 0.00569. The third-order valence-electron chi connectivity index (χ3n) is 4.62. The Morgan fingerprint density at radius 3 is 2.38 bits per heavy atom. The molecule has 0 aliphatic carbocycles. The van der Waals surface area contributed by atoms with Crippen LogP contribution in [0.1, 0.15) is 49.2 Å². The number of esters is 1. The van der Waals surface area contributed by atoms with E-state index in [9.17, 15) is 28.0 Å². The van der Waals surface area contributed by atoms with Crippen molar-refractivity contribution >= 4 is 29.5 Å². The van der Waals surface area contributed by atoms with E-state index in [0.29, 0.717) is 12.5 Å². The SMILES string of the molecule is CCCCOC(=O)c1cc(NC(=O)C(CC)NC(=O)Cc2cc(F)cc(F)c2)n(CC(N)=O)n1. The van der Waals surface area contributed by atoms with E-state index in [0.717, 1.165) is 23.2 Å². The van der Waals surface area contributed by atoms with Crippen molar-refractivity contribution in [1.82, 2.24) is 15.1 Å². The van der Waals surface area contributed by atoms with Crippen LogP contribution in [-0.4, -0.2) is 46.1 Å². The van der Waals surface area contributed by atoms with E-state index in [2.05, 4.69) is 15.7 Å². The van der Waals surface area contributed by atoms with E-state index >= 15 is 0 Å². The van der Waals surface area contributed by atoms with Gasteiger partial charge in [-0.15, -0.1) is 0 Å². The van der Waals surface area contributed by atoms with E-state index in [1.165, 1.54) is 6.07 Å². The minimum Gasteiger partial charge on any atom is -0.461 e. The van der Waals surface area contributed by atoms with Crippen molar-refractivity contribution in [3.05, 3.63) is 47.2 Å². The number of nitrogens with one attached hydrogen (secondary N) is 2. The molecule has 0 fully saturated rings. The highest BCUT2D eigenvalue weighted by molar-refractivity contribution is 5.98. The average Bonchev–Trinajstić information content (AvgIpc) is 3.12. The van der Waals surface area contributed by atoms with Gasteiger partial charge in [-0.25, -0.2) is 18.3 Å². The van der Waals surface area contributed by atoms with Crippen LogP contribution >= 0.6 is 0 Å². The Labute approximate surface area is 194 Å². The van der Waals surface area contributed by atoms with Gasteiger partial charge in [0.2, 0.25) is 17.7 Å². The van der Waals surface area contributed by atoms with Crippen molar-refractivity contribution in [3.63, 3.8) is 0 Å². The number of ether oxygens (including phenoxy) is 1. The maximum atomic E-state index is 13.3. The second kappa shape index (κ2) is 12.4. The van der Waals surface area contributed by atoms with Crippen molar-refractivity contribution in [2.24, 2.45) is 5.73 Å². The number of hydrogen-bond acceptors (Lipinski definition) is 6. The number of benzene rings is 1. The quantitative estimate of drug-likeness (QED) is 0.312. The Hall–Kier alpha value is -3.83. The topological polar surface area (TPSA) is 145 Å². The second-order valence-electron chi connectivity index (χ2n) is 7.50. The number of carbonyl (C=O) groups excluding carboxylic acids is 4. The molecule has 1 aromatic heterocycles. The lowest BCUT2D eigenvalue weighted by atomic mass is 10.1. The Bertz CT molecular complexity index is 1040. The molecule has 0 spiro atoms. The molecule has 1 unspecified atom stereocenters. The van der Waals surface area contributed by atoms with Crippen LogP contribution in [0.25, 0.3) is 0 Å². The number of aromatic nitrogens is 2. The summed E-state index contributed by atoms with van der Waals surface area (Å²) in [4.78, 5) is 48.6. The van der Waals surface area contributed by atoms with Crippen LogP contribution < -0.4 is 16.4 Å². The number of anilines is 1. The fraction of sp³-hybridized carbons (Fsp3) is 0.409. The van der Waals surface area contributed by atoms with Gasteiger partial charge in [0.15, 0.2) is 5.69 Å². The monoisotopic (exact) mass is 479 g/mol. The Morgan fingerprint density at radius 2 is 1.79 bits per heavy atom. The largest absolute Gasteiger partial charge is 0.461 e. The molecule has 0 aliphatic heterocycles. The molecule has 184 valence electrons. The first kappa shape index (κ1) is 26.4. The minimum atomic E-state index is -1.01. The summed E-state index contributed by atoms with van der Waals surface area (Å²) < 4.78 is 32.8. The van der Waals surface area contributed by atoms with Gasteiger partial charge >= 0.3 is 5.97 Å². The lowest BCUT2D eigenvalue weighted by Gasteiger charge is -2.17. The first-order valence-corrected chi connectivity index (χ1v) is 10.7. The van der Waals surface area contributed by atoms with Crippen LogP contribution in [0.5, 0.6) is 0 Å². The normalized spacial score (nSPS) is 11.5. The Balaban J connectivity index is 2.10. The summed E-state index contributed by atoms with van der Waals surface area (Å²) in [6.07, 6.45) is 1.33. The van der Waals surface area contributed by atoms with Crippen LogP contribution in [0.2, 0.25) is 0 Å². The molecule has 0 saturated heterocycles. The van der Waals surface area contributed by atoms with Crippen LogP contribution in [-0.2, 0) is 32.1 Å². The summed E-state index contributed by atoms with van der Waals surface area (Å²) in [5.74, 6) is -4.40. The summed E-state index contributed by atoms with van der Waals surface area (Å²) in [6.45, 7) is 3.36. The maximum absolute atomic E-state index is 13.3. The molecule has 0 bridgehead atoms. The molecule has 1 heterocycles. The van der Waals surface area contributed by atoms with Gasteiger partial charge in [0.05, 0.1) is 13.0 Å². The highest BCUT2D eigenvalue weighted by atomic mass is 19.1. The molecule has 10 nitrogen and oxygen atoms in total. The standard InChI is InChI=1S/C22H27F2N5O5/c1-3-5-6-34-22(33)17-11-19(29(28-17)12-18(25)30)27-21(32)16(4-2)26-20(31)9-13-7-14(23)10-15(24)8-13/h7-8,10-11,16H,3-6,9,12H2,1-2H3,(H2,25,30)(H,26,31)(H,27,32). The molecule has 0 radical (unpaired) electrons. The zero-order chi connectivity index (χ0) is 25.3. The Morgan fingerprint density at radius 1 is 1.12 bits per heavy atom. The number of carbonyl (C=O) groups is 4. The smallest absolute Gasteiger partial charge is 0.358 e. The molecule has 1 atom stereocenters. The number of nitrogens with zero attached hydrogens (tertiary/aromatic N) is 2. The summed E-state index contributed by atoms with van der Waals surface area (Å²) in [6, 6.07) is 2.95. The summed E-state index contributed by atoms with van der Waals surface area (Å²) >= 11 is 0. The first-order valence-electron chi connectivity index (χ1n) is 10.7. The van der Waals surface area contributed by atoms with Crippen molar-refractivity contribution < 1.29 is 32.7 Å². The number of rotatable bonds is 12. The number of halogens is 2. The molecule has 2 aromatic rings. The molecule has 2 rings (SSSR count). The van der Waals surface area contributed by atoms with E-state index in [-0.39, 0.29) is 36.5 Å². The van der Waals surface area contributed by atoms with Gasteiger partial charge in [-0.05, 0) is 30.5 Å². The number of primary amides is 1. The van der Waals surface area contributed by atoms with Gasteiger partial charge in [0, 0.05) is 12.1 Å². The van der Waals surface area contributed by atoms with Crippen LogP contribution in [0, 0.1) is 11.6 Å². The van der Waals surface area contributed by atoms with Crippen LogP contribution in [0.15, 0.2) is 24.3 Å². The van der Waals surface area contributed by atoms with Gasteiger partial charge in [0.1, 0.15) is 30.0 Å². The average molecular weight is 479 g/mol. The lowest BCUT2D eigenvalue weighted by Crippen LogP contribution is -2.44. The highest BCUT2D eigenvalue weighted by Crippen LogP contribution is 2.14. The van der Waals surface area contributed by atoms with Crippen molar-refractivity contribution in [2.45, 2.75) is 52.1 Å². The van der Waals surface area contributed by atoms with Crippen molar-refractivity contribution in [3.8, 4) is 0 Å². The van der Waals surface area contributed by atoms with Gasteiger partial charge < -0.3 is 21.1 Å². The van der Waals surface area contributed by atoms with Crippen LogP contribution in [0.4, 0.5) is 14.6 Å². The van der Waals surface area contributed by atoms with Crippen LogP contribution in [0.3, 0.4) is 0 Å². The lowest BCUT2D eigenvalue weighted by molar-refractivity contribution is -0.126. The molecule has 12 heteroatoms. The third-order valence-corrected chi connectivity index (χ3v) is 4.62. The van der Waals surface area contributed by atoms with E-state index in [4.69, 9.17) is 10.5 Å². The number of amides is 3. The molecule has 3 amide bonds. The number of nitrogens with two attached hydrogens (primary N) is 1. The molecule has 34 heavy (non-hydrogen) atoms. The van der Waals surface area contributed by atoms with Crippen molar-refractivity contribution in [1.29, 1.82) is 0 Å². The van der Waals surface area contributed by atoms with E-state index < -0.39 is 47.9 Å². The molecule has 4 N–H and O–H groups in total. The Kier molecular flexibility index (Phi) is 9.65. The predicted molar refractivity (Wildman–Crippen MR) is 118 cm³/mol. The molecule has 1 aromatic carbocycles. The number of unbranched alkanes of at least 4 members (excludes halogenated alkanes) is 1. The second-order valence-corrected chi connectivity index (χ2v) is 7.50. The molecular formula is C22H27F2N5O5. The van der Waals surface area contributed by atoms with Gasteiger partial charge in [-0.3, -0.25) is 14.4 Å². The van der Waals surface area contributed by atoms with Gasteiger partial charge in [-0.2, -0.15) is 5.10 Å². The summed E-state index contributed by atoms with van der Waals surface area (Å²) in [5, 5.41) is 8.97. The maximum Gasteiger partial charge on any atom is 0.358 e. The highest BCUT2D eigenvalue weighted by Gasteiger charge is 2.23. The molecule has 0 saturated carbocycles. The van der Waals surface area contributed by atoms with Crippen molar-refractivity contribution in [2.75, 3.05) is 11.9 Å². The predicted octanol–water partition coefficient (Wildman–Crippen LogP) is 1.68.